The number of carbonyl (C=O) groups is 1. The van der Waals surface area contributed by atoms with E-state index < -0.39 is 0 Å². The van der Waals surface area contributed by atoms with E-state index >= 15 is 0 Å². The molecule has 1 amide bonds. The van der Waals surface area contributed by atoms with E-state index in [2.05, 4.69) is 20.1 Å². The first-order valence-corrected chi connectivity index (χ1v) is 10.2. The molecule has 134 valence electrons. The second kappa shape index (κ2) is 8.30. The zero-order valence-corrected chi connectivity index (χ0v) is 15.8. The zero-order chi connectivity index (χ0) is 16.9. The second-order valence-electron chi connectivity index (χ2n) is 7.05. The minimum atomic E-state index is 0.186. The molecule has 2 saturated heterocycles. The molecule has 5 nitrogen and oxygen atoms in total. The van der Waals surface area contributed by atoms with E-state index in [9.17, 15) is 4.79 Å². The molecule has 2 aliphatic heterocycles. The number of amides is 1. The summed E-state index contributed by atoms with van der Waals surface area (Å²) in [4.78, 5) is 23.1. The highest BCUT2D eigenvalue weighted by Gasteiger charge is 2.31. The van der Waals surface area contributed by atoms with E-state index in [4.69, 9.17) is 0 Å². The molecule has 0 radical (unpaired) electrons. The van der Waals surface area contributed by atoms with Crippen molar-refractivity contribution in [1.82, 2.24) is 14.8 Å². The molecule has 0 bridgehead atoms. The Labute approximate surface area is 149 Å². The van der Waals surface area contributed by atoms with Crippen LogP contribution >= 0.6 is 11.3 Å². The van der Waals surface area contributed by atoms with Gasteiger partial charge in [0.1, 0.15) is 4.88 Å². The van der Waals surface area contributed by atoms with Crippen molar-refractivity contribution >= 4 is 22.4 Å². The number of anilines is 1. The van der Waals surface area contributed by atoms with E-state index in [1.807, 2.05) is 14.0 Å². The van der Waals surface area contributed by atoms with Gasteiger partial charge >= 0.3 is 0 Å². The summed E-state index contributed by atoms with van der Waals surface area (Å²) in [5.41, 5.74) is 0.855. The lowest BCUT2D eigenvalue weighted by Gasteiger charge is -2.38. The molecule has 0 unspecified atom stereocenters. The lowest BCUT2D eigenvalue weighted by atomic mass is 10.0. The highest BCUT2D eigenvalue weighted by Crippen LogP contribution is 2.27. The van der Waals surface area contributed by atoms with Crippen molar-refractivity contribution in [1.29, 1.82) is 0 Å². The first-order valence-electron chi connectivity index (χ1n) is 9.37. The van der Waals surface area contributed by atoms with Crippen LogP contribution in [0.15, 0.2) is 0 Å². The van der Waals surface area contributed by atoms with Crippen LogP contribution in [0.5, 0.6) is 0 Å². The molecule has 2 fully saturated rings. The molecular weight excluding hydrogens is 320 g/mol. The van der Waals surface area contributed by atoms with Crippen molar-refractivity contribution in [2.45, 2.75) is 57.9 Å². The van der Waals surface area contributed by atoms with Crippen LogP contribution in [0.1, 0.15) is 60.3 Å². The quantitative estimate of drug-likeness (QED) is 0.904. The number of rotatable bonds is 4. The third-order valence-electron chi connectivity index (χ3n) is 5.26. The number of nitrogens with one attached hydrogen (secondary N) is 1. The van der Waals surface area contributed by atoms with Crippen LogP contribution in [0, 0.1) is 6.92 Å². The summed E-state index contributed by atoms with van der Waals surface area (Å²) in [7, 11) is 1.86. The van der Waals surface area contributed by atoms with Gasteiger partial charge in [-0.3, -0.25) is 4.79 Å². The van der Waals surface area contributed by atoms with Crippen LogP contribution in [0.2, 0.25) is 0 Å². The second-order valence-corrected chi connectivity index (χ2v) is 8.05. The fourth-order valence-corrected chi connectivity index (χ4v) is 4.78. The van der Waals surface area contributed by atoms with Gasteiger partial charge in [-0.15, -0.1) is 0 Å². The molecule has 0 spiro atoms. The largest absolute Gasteiger partial charge is 0.365 e. The summed E-state index contributed by atoms with van der Waals surface area (Å²) in [5, 5.41) is 3.89. The number of hydrogen-bond donors (Lipinski definition) is 1. The Bertz CT molecular complexity index is 551. The smallest absolute Gasteiger partial charge is 0.266 e. The molecule has 1 aromatic heterocycles. The number of aromatic nitrogens is 1. The van der Waals surface area contributed by atoms with Crippen LogP contribution in [0.4, 0.5) is 5.13 Å². The van der Waals surface area contributed by atoms with Crippen LogP contribution < -0.4 is 5.32 Å². The third-order valence-corrected chi connectivity index (χ3v) is 6.42. The fourth-order valence-electron chi connectivity index (χ4n) is 3.91. The third kappa shape index (κ3) is 4.09. The van der Waals surface area contributed by atoms with Gasteiger partial charge in [0, 0.05) is 26.2 Å². The lowest BCUT2D eigenvalue weighted by Crippen LogP contribution is -2.49. The van der Waals surface area contributed by atoms with Crippen LogP contribution in [0.3, 0.4) is 0 Å². The van der Waals surface area contributed by atoms with Crippen molar-refractivity contribution in [3.05, 3.63) is 10.6 Å². The Hall–Kier alpha value is -1.14. The van der Waals surface area contributed by atoms with E-state index in [0.717, 1.165) is 41.6 Å². The number of carbonyl (C=O) groups excluding carboxylic acids is 1. The standard InChI is InChI=1S/C18H30N4OS/c1-14-16(24-18(19-2)20-14)17(23)22-12-8-5-9-15(22)13-21-10-6-3-4-7-11-21/h15H,3-13H2,1-2H3,(H,19,20)/t15-/m1/s1. The highest BCUT2D eigenvalue weighted by molar-refractivity contribution is 7.17. The van der Waals surface area contributed by atoms with Gasteiger partial charge in [0.2, 0.25) is 0 Å². The van der Waals surface area contributed by atoms with E-state index in [1.54, 1.807) is 0 Å². The minimum absolute atomic E-state index is 0.186. The summed E-state index contributed by atoms with van der Waals surface area (Å²) < 4.78 is 0. The van der Waals surface area contributed by atoms with Gasteiger partial charge in [-0.05, 0) is 52.1 Å². The van der Waals surface area contributed by atoms with Crippen LogP contribution in [0.25, 0.3) is 0 Å². The number of aryl methyl sites for hydroxylation is 1. The summed E-state index contributed by atoms with van der Waals surface area (Å²) >= 11 is 1.49. The van der Waals surface area contributed by atoms with Gasteiger partial charge in [-0.2, -0.15) is 0 Å². The van der Waals surface area contributed by atoms with Gasteiger partial charge < -0.3 is 15.1 Å². The maximum absolute atomic E-state index is 13.1. The Morgan fingerprint density at radius 3 is 2.54 bits per heavy atom. The molecule has 0 aromatic carbocycles. The van der Waals surface area contributed by atoms with Gasteiger partial charge in [-0.25, -0.2) is 4.98 Å². The maximum atomic E-state index is 13.1. The monoisotopic (exact) mass is 350 g/mol. The van der Waals surface area contributed by atoms with Gasteiger partial charge in [0.05, 0.1) is 5.69 Å². The number of piperidine rings is 1. The van der Waals surface area contributed by atoms with Crippen molar-refractivity contribution < 1.29 is 4.79 Å². The Kier molecular flexibility index (Phi) is 6.11. The molecule has 1 aromatic rings. The highest BCUT2D eigenvalue weighted by atomic mass is 32.1. The SMILES string of the molecule is CNc1nc(C)c(C(=O)N2CCCC[C@@H]2CN2CCCCCC2)s1. The molecule has 2 aliphatic rings. The van der Waals surface area contributed by atoms with E-state index in [1.165, 1.54) is 56.5 Å². The minimum Gasteiger partial charge on any atom is -0.365 e. The molecular formula is C18H30N4OS. The number of hydrogen-bond acceptors (Lipinski definition) is 5. The average molecular weight is 351 g/mol. The Morgan fingerprint density at radius 1 is 1.17 bits per heavy atom. The summed E-state index contributed by atoms with van der Waals surface area (Å²) in [6.07, 6.45) is 8.83. The van der Waals surface area contributed by atoms with E-state index in [-0.39, 0.29) is 5.91 Å². The molecule has 0 saturated carbocycles. The van der Waals surface area contributed by atoms with Crippen LogP contribution in [-0.4, -0.2) is 60.0 Å². The molecule has 24 heavy (non-hydrogen) atoms. The van der Waals surface area contributed by atoms with Crippen molar-refractivity contribution in [2.75, 3.05) is 38.5 Å². The maximum Gasteiger partial charge on any atom is 0.266 e. The Balaban J connectivity index is 1.70. The van der Waals surface area contributed by atoms with Crippen LogP contribution in [-0.2, 0) is 0 Å². The summed E-state index contributed by atoms with van der Waals surface area (Å²) in [6, 6.07) is 0.365. The summed E-state index contributed by atoms with van der Waals surface area (Å²) in [6.45, 7) is 6.27. The number of thiazole rings is 1. The fraction of sp³-hybridized carbons (Fsp3) is 0.778. The van der Waals surface area contributed by atoms with Gasteiger partial charge in [0.25, 0.3) is 5.91 Å². The van der Waals surface area contributed by atoms with Crippen molar-refractivity contribution in [2.24, 2.45) is 0 Å². The first kappa shape index (κ1) is 17.7. The molecule has 1 atom stereocenters. The molecule has 3 rings (SSSR count). The normalized spacial score (nSPS) is 23.1. The predicted octanol–water partition coefficient (Wildman–Crippen LogP) is 3.36. The lowest BCUT2D eigenvalue weighted by molar-refractivity contribution is 0.0551. The van der Waals surface area contributed by atoms with Crippen molar-refractivity contribution in [3.63, 3.8) is 0 Å². The molecule has 6 heteroatoms. The topological polar surface area (TPSA) is 48.5 Å². The zero-order valence-electron chi connectivity index (χ0n) is 15.0. The predicted molar refractivity (Wildman–Crippen MR) is 100.0 cm³/mol. The average Bonchev–Trinajstić information content (AvgIpc) is 2.80. The van der Waals surface area contributed by atoms with Gasteiger partial charge in [-0.1, -0.05) is 24.2 Å². The van der Waals surface area contributed by atoms with Gasteiger partial charge in [0.15, 0.2) is 5.13 Å². The Morgan fingerprint density at radius 2 is 1.88 bits per heavy atom. The van der Waals surface area contributed by atoms with Crippen molar-refractivity contribution in [3.8, 4) is 0 Å². The number of likely N-dealkylation sites (tertiary alicyclic amines) is 2. The first-order chi connectivity index (χ1) is 11.7. The molecule has 3 heterocycles. The van der Waals surface area contributed by atoms with E-state index in [0.29, 0.717) is 6.04 Å². The summed E-state index contributed by atoms with van der Waals surface area (Å²) in [5.74, 6) is 0.186. The molecule has 1 N–H and O–H groups in total. The number of nitrogens with zero attached hydrogens (tertiary/aromatic N) is 3. The molecule has 0 aliphatic carbocycles.